The Labute approximate surface area is 129 Å². The highest BCUT2D eigenvalue weighted by molar-refractivity contribution is 6.78. The Morgan fingerprint density at radius 1 is 0.800 bits per heavy atom. The zero-order valence-electron chi connectivity index (χ0n) is 14.6. The fourth-order valence-corrected chi connectivity index (χ4v) is 3.52. The zero-order valence-corrected chi connectivity index (χ0v) is 15.6. The van der Waals surface area contributed by atoms with E-state index in [4.69, 9.17) is 4.43 Å². The van der Waals surface area contributed by atoms with Crippen molar-refractivity contribution >= 4 is 8.32 Å². The smallest absolute Gasteiger partial charge is 0.213 e. The number of rotatable bonds is 14. The molecule has 0 heterocycles. The van der Waals surface area contributed by atoms with Gasteiger partial charge in [-0.3, -0.25) is 0 Å². The average molecular weight is 299 g/mol. The van der Waals surface area contributed by atoms with Crippen molar-refractivity contribution in [1.29, 1.82) is 0 Å². The molecule has 20 heavy (non-hydrogen) atoms. The molecular formula is C18H38OSi. The number of hydrogen-bond acceptors (Lipinski definition) is 1. The van der Waals surface area contributed by atoms with Gasteiger partial charge in [-0.15, -0.1) is 6.58 Å². The first-order chi connectivity index (χ1) is 9.54. The highest BCUT2D eigenvalue weighted by Crippen LogP contribution is 2.20. The largest absolute Gasteiger partial charge is 0.416 e. The van der Waals surface area contributed by atoms with Gasteiger partial charge in [0.25, 0.3) is 0 Å². The summed E-state index contributed by atoms with van der Waals surface area (Å²) in [6.45, 7) is 11.0. The monoisotopic (exact) mass is 298 g/mol. The van der Waals surface area contributed by atoms with E-state index in [-0.39, 0.29) is 0 Å². The molecule has 0 fully saturated rings. The Kier molecular flexibility index (Phi) is 12.6. The van der Waals surface area contributed by atoms with Gasteiger partial charge in [0.2, 0.25) is 8.32 Å². The predicted molar refractivity (Wildman–Crippen MR) is 94.7 cm³/mol. The Morgan fingerprint density at radius 2 is 1.20 bits per heavy atom. The van der Waals surface area contributed by atoms with Crippen molar-refractivity contribution in [2.45, 2.75) is 97.1 Å². The average Bonchev–Trinajstić information content (AvgIpc) is 2.44. The molecular weight excluding hydrogens is 260 g/mol. The predicted octanol–water partition coefficient (Wildman–Crippen LogP) is 6.63. The molecule has 0 saturated carbocycles. The Balaban J connectivity index is 3.27. The van der Waals surface area contributed by atoms with Crippen LogP contribution in [0.5, 0.6) is 0 Å². The van der Waals surface area contributed by atoms with Gasteiger partial charge < -0.3 is 4.43 Å². The van der Waals surface area contributed by atoms with Gasteiger partial charge in [-0.2, -0.15) is 0 Å². The van der Waals surface area contributed by atoms with Crippen LogP contribution < -0.4 is 0 Å². The SMILES string of the molecule is C=C(CCCCCCCCCCCCC)[Si](C)(C)OC. The van der Waals surface area contributed by atoms with Crippen molar-refractivity contribution in [3.63, 3.8) is 0 Å². The first kappa shape index (κ1) is 19.9. The maximum absolute atomic E-state index is 5.59. The summed E-state index contributed by atoms with van der Waals surface area (Å²) in [6.07, 6.45) is 16.7. The molecule has 0 saturated heterocycles. The normalized spacial score (nSPS) is 11.8. The van der Waals surface area contributed by atoms with Crippen molar-refractivity contribution in [3.05, 3.63) is 11.8 Å². The van der Waals surface area contributed by atoms with E-state index in [9.17, 15) is 0 Å². The molecule has 0 rings (SSSR count). The molecule has 0 radical (unpaired) electrons. The minimum absolute atomic E-state index is 1.17. The van der Waals surface area contributed by atoms with Crippen LogP contribution in [0, 0.1) is 0 Å². The maximum Gasteiger partial charge on any atom is 0.213 e. The molecule has 0 unspecified atom stereocenters. The topological polar surface area (TPSA) is 9.23 Å². The number of unbranched alkanes of at least 4 members (excludes halogenated alkanes) is 10. The maximum atomic E-state index is 5.59. The molecule has 0 N–H and O–H groups in total. The van der Waals surface area contributed by atoms with Crippen molar-refractivity contribution in [1.82, 2.24) is 0 Å². The van der Waals surface area contributed by atoms with Crippen LogP contribution in [0.4, 0.5) is 0 Å². The molecule has 0 aromatic carbocycles. The van der Waals surface area contributed by atoms with E-state index in [0.717, 1.165) is 0 Å². The van der Waals surface area contributed by atoms with Crippen LogP contribution in [-0.2, 0) is 4.43 Å². The van der Waals surface area contributed by atoms with Gasteiger partial charge in [-0.05, 0) is 25.9 Å². The highest BCUT2D eigenvalue weighted by atomic mass is 28.4. The van der Waals surface area contributed by atoms with Crippen LogP contribution in [0.3, 0.4) is 0 Å². The summed E-state index contributed by atoms with van der Waals surface area (Å²) in [7, 11) is 0.259. The molecule has 2 heteroatoms. The van der Waals surface area contributed by atoms with Gasteiger partial charge in [0.05, 0.1) is 0 Å². The Morgan fingerprint density at radius 3 is 1.60 bits per heavy atom. The highest BCUT2D eigenvalue weighted by Gasteiger charge is 2.23. The van der Waals surface area contributed by atoms with Crippen LogP contribution in [0.25, 0.3) is 0 Å². The van der Waals surface area contributed by atoms with E-state index < -0.39 is 8.32 Å². The van der Waals surface area contributed by atoms with Crippen LogP contribution >= 0.6 is 0 Å². The first-order valence-electron chi connectivity index (χ1n) is 8.78. The molecule has 120 valence electrons. The van der Waals surface area contributed by atoms with E-state index in [0.29, 0.717) is 0 Å². The van der Waals surface area contributed by atoms with Crippen LogP contribution in [0.15, 0.2) is 11.8 Å². The summed E-state index contributed by atoms with van der Waals surface area (Å²) >= 11 is 0. The fraction of sp³-hybridized carbons (Fsp3) is 0.889. The third-order valence-corrected chi connectivity index (χ3v) is 7.42. The van der Waals surface area contributed by atoms with Gasteiger partial charge in [0, 0.05) is 7.11 Å². The van der Waals surface area contributed by atoms with Gasteiger partial charge >= 0.3 is 0 Å². The lowest BCUT2D eigenvalue weighted by atomic mass is 10.1. The first-order valence-corrected chi connectivity index (χ1v) is 11.7. The summed E-state index contributed by atoms with van der Waals surface area (Å²) in [5, 5.41) is 1.37. The molecule has 1 nitrogen and oxygen atoms in total. The lowest BCUT2D eigenvalue weighted by Crippen LogP contribution is -2.31. The number of allylic oxidation sites excluding steroid dienone is 1. The van der Waals surface area contributed by atoms with Crippen LogP contribution in [-0.4, -0.2) is 15.4 Å². The lowest BCUT2D eigenvalue weighted by molar-refractivity contribution is 0.410. The minimum Gasteiger partial charge on any atom is -0.416 e. The van der Waals surface area contributed by atoms with Gasteiger partial charge in [0.1, 0.15) is 0 Å². The van der Waals surface area contributed by atoms with Crippen molar-refractivity contribution in [2.75, 3.05) is 7.11 Å². The molecule has 0 amide bonds. The fourth-order valence-electron chi connectivity index (χ4n) is 2.45. The summed E-state index contributed by atoms with van der Waals surface area (Å²) < 4.78 is 5.59. The molecule has 0 aliphatic rings. The summed E-state index contributed by atoms with van der Waals surface area (Å²) in [5.41, 5.74) is 0. The molecule has 0 spiro atoms. The van der Waals surface area contributed by atoms with Crippen molar-refractivity contribution in [3.8, 4) is 0 Å². The molecule has 0 aliphatic heterocycles. The van der Waals surface area contributed by atoms with Crippen LogP contribution in [0.1, 0.15) is 84.0 Å². The van der Waals surface area contributed by atoms with E-state index in [2.05, 4.69) is 26.6 Å². The Bertz CT molecular complexity index is 236. The van der Waals surface area contributed by atoms with E-state index in [1.165, 1.54) is 82.2 Å². The standard InChI is InChI=1S/C18H38OSi/c1-6-7-8-9-10-11-12-13-14-15-16-17-18(2)20(4,5)19-3/h2,6-17H2,1,3-5H3. The van der Waals surface area contributed by atoms with Gasteiger partial charge in [0.15, 0.2) is 0 Å². The second-order valence-corrected chi connectivity index (χ2v) is 10.7. The van der Waals surface area contributed by atoms with Crippen molar-refractivity contribution in [2.24, 2.45) is 0 Å². The molecule has 0 atom stereocenters. The van der Waals surface area contributed by atoms with Crippen molar-refractivity contribution < 1.29 is 4.43 Å². The second kappa shape index (κ2) is 12.6. The third-order valence-electron chi connectivity index (χ3n) is 4.44. The second-order valence-electron chi connectivity index (χ2n) is 6.60. The molecule has 0 aromatic heterocycles. The summed E-state index contributed by atoms with van der Waals surface area (Å²) in [6, 6.07) is 0. The zero-order chi connectivity index (χ0) is 15.3. The van der Waals surface area contributed by atoms with E-state index >= 15 is 0 Å². The van der Waals surface area contributed by atoms with Gasteiger partial charge in [-0.1, -0.05) is 76.3 Å². The molecule has 0 aliphatic carbocycles. The minimum atomic E-state index is -1.57. The quantitative estimate of drug-likeness (QED) is 0.258. The lowest BCUT2D eigenvalue weighted by Gasteiger charge is -2.22. The summed E-state index contributed by atoms with van der Waals surface area (Å²) in [4.78, 5) is 0. The number of hydrogen-bond donors (Lipinski definition) is 0. The van der Waals surface area contributed by atoms with E-state index in [1.54, 1.807) is 0 Å². The Hall–Kier alpha value is -0.0831. The molecule has 0 bridgehead atoms. The molecule has 0 aromatic rings. The summed E-state index contributed by atoms with van der Waals surface area (Å²) in [5.74, 6) is 0. The van der Waals surface area contributed by atoms with Crippen LogP contribution in [0.2, 0.25) is 13.1 Å². The van der Waals surface area contributed by atoms with Gasteiger partial charge in [-0.25, -0.2) is 0 Å². The van der Waals surface area contributed by atoms with E-state index in [1.807, 2.05) is 7.11 Å². The third kappa shape index (κ3) is 10.7.